The molecule has 0 aliphatic rings. The Morgan fingerprint density at radius 2 is 1.89 bits per heavy atom. The Kier molecular flexibility index (Phi) is 2.85. The lowest BCUT2D eigenvalue weighted by atomic mass is 10.2. The summed E-state index contributed by atoms with van der Waals surface area (Å²) in [4.78, 5) is 7.52. The zero-order valence-electron chi connectivity index (χ0n) is 8.55. The first kappa shape index (κ1) is 12.6. The first-order valence-electron chi connectivity index (χ1n) is 4.51. The summed E-state index contributed by atoms with van der Waals surface area (Å²) in [6.45, 7) is 0. The molecule has 2 aromatic heterocycles. The molecule has 0 saturated heterocycles. The van der Waals surface area contributed by atoms with Crippen molar-refractivity contribution < 1.29 is 25.8 Å². The highest BCUT2D eigenvalue weighted by atomic mass is 32.2. The third-order valence-electron chi connectivity index (χ3n) is 1.99. The molecular weight excluding hydrogens is 273 g/mol. The zero-order valence-corrected chi connectivity index (χ0v) is 9.36. The highest BCUT2D eigenvalue weighted by Gasteiger charge is 2.48. The second kappa shape index (κ2) is 4.09. The minimum Gasteiger partial charge on any atom is -0.375 e. The van der Waals surface area contributed by atoms with Gasteiger partial charge in [0.25, 0.3) is 0 Å². The Labute approximate surface area is 99.4 Å². The monoisotopic (exact) mass is 278 g/mol. The Morgan fingerprint density at radius 1 is 1.17 bits per heavy atom. The number of hydrogen-bond donors (Lipinski definition) is 0. The van der Waals surface area contributed by atoms with Crippen molar-refractivity contribution in [3.8, 4) is 5.75 Å². The SMILES string of the molecule is O=S(=O)(Oc1ccnc2cnccc12)C(F)(F)F. The van der Waals surface area contributed by atoms with E-state index >= 15 is 0 Å². The van der Waals surface area contributed by atoms with E-state index in [4.69, 9.17) is 0 Å². The Hall–Kier alpha value is -1.90. The molecule has 0 spiro atoms. The van der Waals surface area contributed by atoms with E-state index in [2.05, 4.69) is 14.2 Å². The van der Waals surface area contributed by atoms with E-state index in [1.54, 1.807) is 0 Å². The Morgan fingerprint density at radius 3 is 2.56 bits per heavy atom. The molecule has 18 heavy (non-hydrogen) atoms. The normalized spacial score (nSPS) is 12.6. The lowest BCUT2D eigenvalue weighted by molar-refractivity contribution is -0.0499. The third kappa shape index (κ3) is 2.21. The highest BCUT2D eigenvalue weighted by Crippen LogP contribution is 2.30. The molecule has 0 aliphatic carbocycles. The molecule has 5 nitrogen and oxygen atoms in total. The summed E-state index contributed by atoms with van der Waals surface area (Å²) in [5.74, 6) is -0.445. The van der Waals surface area contributed by atoms with Gasteiger partial charge in [0, 0.05) is 23.8 Å². The van der Waals surface area contributed by atoms with Crippen molar-refractivity contribution in [1.82, 2.24) is 9.97 Å². The van der Waals surface area contributed by atoms with Crippen LogP contribution < -0.4 is 4.18 Å². The van der Waals surface area contributed by atoms with E-state index in [0.717, 1.165) is 12.3 Å². The van der Waals surface area contributed by atoms with Crippen LogP contribution in [0.4, 0.5) is 13.2 Å². The van der Waals surface area contributed by atoms with Crippen molar-refractivity contribution in [3.63, 3.8) is 0 Å². The molecule has 0 fully saturated rings. The molecule has 0 bridgehead atoms. The van der Waals surface area contributed by atoms with Gasteiger partial charge < -0.3 is 4.18 Å². The molecule has 2 rings (SSSR count). The summed E-state index contributed by atoms with van der Waals surface area (Å²) in [7, 11) is -5.69. The van der Waals surface area contributed by atoms with Crippen molar-refractivity contribution in [2.75, 3.05) is 0 Å². The lowest BCUT2D eigenvalue weighted by Gasteiger charge is -2.10. The third-order valence-corrected chi connectivity index (χ3v) is 2.95. The zero-order chi connectivity index (χ0) is 13.4. The minimum absolute atomic E-state index is 0.125. The van der Waals surface area contributed by atoms with Gasteiger partial charge in [-0.25, -0.2) is 0 Å². The first-order valence-corrected chi connectivity index (χ1v) is 5.91. The molecule has 0 amide bonds. The van der Waals surface area contributed by atoms with Crippen LogP contribution in [0, 0.1) is 0 Å². The fourth-order valence-electron chi connectivity index (χ4n) is 1.21. The molecule has 0 unspecified atom stereocenters. The van der Waals surface area contributed by atoms with Crippen LogP contribution >= 0.6 is 0 Å². The maximum atomic E-state index is 12.2. The van der Waals surface area contributed by atoms with Crippen LogP contribution in [0.3, 0.4) is 0 Å². The number of pyridine rings is 2. The number of fused-ring (bicyclic) bond motifs is 1. The average molecular weight is 278 g/mol. The maximum Gasteiger partial charge on any atom is 0.534 e. The lowest BCUT2D eigenvalue weighted by Crippen LogP contribution is -2.28. The van der Waals surface area contributed by atoms with Crippen molar-refractivity contribution in [2.45, 2.75) is 5.51 Å². The fourth-order valence-corrected chi connectivity index (χ4v) is 1.69. The van der Waals surface area contributed by atoms with Crippen LogP contribution in [0.1, 0.15) is 0 Å². The van der Waals surface area contributed by atoms with Gasteiger partial charge in [-0.1, -0.05) is 0 Å². The summed E-state index contributed by atoms with van der Waals surface area (Å²) < 4.78 is 62.4. The predicted octanol–water partition coefficient (Wildman–Crippen LogP) is 1.86. The van der Waals surface area contributed by atoms with Crippen molar-refractivity contribution in [3.05, 3.63) is 30.7 Å². The second-order valence-corrected chi connectivity index (χ2v) is 4.72. The van der Waals surface area contributed by atoms with Gasteiger partial charge in [-0.2, -0.15) is 21.6 Å². The topological polar surface area (TPSA) is 69.2 Å². The number of rotatable bonds is 2. The van der Waals surface area contributed by atoms with Crippen LogP contribution in [0.25, 0.3) is 10.9 Å². The van der Waals surface area contributed by atoms with Gasteiger partial charge in [0.05, 0.1) is 11.7 Å². The smallest absolute Gasteiger partial charge is 0.375 e. The van der Waals surface area contributed by atoms with Crippen molar-refractivity contribution >= 4 is 21.0 Å². The molecule has 0 aromatic carbocycles. The number of halogens is 3. The minimum atomic E-state index is -5.69. The van der Waals surface area contributed by atoms with E-state index in [0.29, 0.717) is 0 Å². The van der Waals surface area contributed by atoms with Crippen LogP contribution in [0.5, 0.6) is 5.75 Å². The molecule has 2 aromatic rings. The molecule has 0 radical (unpaired) electrons. The van der Waals surface area contributed by atoms with E-state index in [-0.39, 0.29) is 10.9 Å². The second-order valence-electron chi connectivity index (χ2n) is 3.19. The van der Waals surface area contributed by atoms with Gasteiger partial charge in [-0.05, 0) is 6.07 Å². The molecule has 2 heterocycles. The van der Waals surface area contributed by atoms with Gasteiger partial charge in [0.2, 0.25) is 0 Å². The van der Waals surface area contributed by atoms with E-state index in [1.807, 2.05) is 0 Å². The van der Waals surface area contributed by atoms with Gasteiger partial charge in [-0.3, -0.25) is 9.97 Å². The highest BCUT2D eigenvalue weighted by molar-refractivity contribution is 7.88. The van der Waals surface area contributed by atoms with Gasteiger partial charge >= 0.3 is 15.6 Å². The summed E-state index contributed by atoms with van der Waals surface area (Å²) in [6.07, 6.45) is 3.70. The first-order chi connectivity index (χ1) is 8.31. The average Bonchev–Trinajstić information content (AvgIpc) is 2.27. The molecule has 0 saturated carbocycles. The molecule has 0 atom stereocenters. The summed E-state index contributed by atoms with van der Waals surface area (Å²) >= 11 is 0. The number of alkyl halides is 3. The van der Waals surface area contributed by atoms with Crippen LogP contribution in [0.2, 0.25) is 0 Å². The predicted molar refractivity (Wildman–Crippen MR) is 55.1 cm³/mol. The van der Waals surface area contributed by atoms with Crippen LogP contribution in [0.15, 0.2) is 30.7 Å². The van der Waals surface area contributed by atoms with Gasteiger partial charge in [-0.15, -0.1) is 0 Å². The summed E-state index contributed by atoms with van der Waals surface area (Å²) in [5.41, 5.74) is -5.25. The van der Waals surface area contributed by atoms with Crippen molar-refractivity contribution in [1.29, 1.82) is 0 Å². The number of hydrogen-bond acceptors (Lipinski definition) is 5. The standard InChI is InChI=1S/C9H5F3N2O3S/c10-9(11,12)18(15,16)17-8-2-4-14-7-5-13-3-1-6(7)8/h1-5H. The molecule has 9 heteroatoms. The maximum absolute atomic E-state index is 12.2. The molecule has 96 valence electrons. The van der Waals surface area contributed by atoms with E-state index in [1.165, 1.54) is 18.5 Å². The number of aromatic nitrogens is 2. The molecule has 0 N–H and O–H groups in total. The van der Waals surface area contributed by atoms with E-state index in [9.17, 15) is 21.6 Å². The van der Waals surface area contributed by atoms with Gasteiger partial charge in [0.15, 0.2) is 5.75 Å². The summed E-state index contributed by atoms with van der Waals surface area (Å²) in [5, 5.41) is 0.125. The summed E-state index contributed by atoms with van der Waals surface area (Å²) in [6, 6.07) is 2.34. The molecular formula is C9H5F3N2O3S. The van der Waals surface area contributed by atoms with Crippen LogP contribution in [-0.4, -0.2) is 23.9 Å². The number of nitrogens with zero attached hydrogens (tertiary/aromatic N) is 2. The van der Waals surface area contributed by atoms with Gasteiger partial charge in [0.1, 0.15) is 0 Å². The Balaban J connectivity index is 2.51. The van der Waals surface area contributed by atoms with E-state index < -0.39 is 21.4 Å². The molecule has 0 aliphatic heterocycles. The Bertz CT molecular complexity index is 680. The fraction of sp³-hybridized carbons (Fsp3) is 0.111. The van der Waals surface area contributed by atoms with Crippen molar-refractivity contribution in [2.24, 2.45) is 0 Å². The van der Waals surface area contributed by atoms with Crippen LogP contribution in [-0.2, 0) is 10.1 Å². The quantitative estimate of drug-likeness (QED) is 0.619. The largest absolute Gasteiger partial charge is 0.534 e.